The number of methoxy groups -OCH3 is 4. The molecular weight excluding hydrogens is 669 g/mol. The van der Waals surface area contributed by atoms with Gasteiger partial charge in [0.05, 0.1) is 49.1 Å². The first-order chi connectivity index (χ1) is 22.3. The molecule has 2 amide bonds. The number of hydrogen-bond acceptors (Lipinski definition) is 8. The van der Waals surface area contributed by atoms with Gasteiger partial charge in [0.25, 0.3) is 10.0 Å². The van der Waals surface area contributed by atoms with Crippen LogP contribution >= 0.6 is 23.2 Å². The highest BCUT2D eigenvalue weighted by Crippen LogP contribution is 2.38. The van der Waals surface area contributed by atoms with Gasteiger partial charge >= 0.3 is 0 Å². The minimum atomic E-state index is -4.48. The molecule has 0 saturated heterocycles. The van der Waals surface area contributed by atoms with E-state index in [4.69, 9.17) is 42.1 Å². The molecule has 14 heteroatoms. The number of sulfonamides is 1. The maximum atomic E-state index is 14.5. The van der Waals surface area contributed by atoms with E-state index in [9.17, 15) is 18.0 Å². The summed E-state index contributed by atoms with van der Waals surface area (Å²) in [7, 11) is 1.16. The number of nitrogens with zero attached hydrogens (tertiary/aromatic N) is 2. The van der Waals surface area contributed by atoms with Crippen LogP contribution in [0.25, 0.3) is 0 Å². The molecule has 0 aliphatic heterocycles. The Bertz CT molecular complexity index is 1670. The second-order valence-corrected chi connectivity index (χ2v) is 13.3. The molecule has 0 aliphatic carbocycles. The lowest BCUT2D eigenvalue weighted by atomic mass is 10.1. The molecule has 11 nitrogen and oxygen atoms in total. The number of anilines is 1. The Morgan fingerprint density at radius 3 is 2.04 bits per heavy atom. The summed E-state index contributed by atoms with van der Waals surface area (Å²) in [6.45, 7) is 4.82. The van der Waals surface area contributed by atoms with E-state index in [1.54, 1.807) is 31.2 Å². The zero-order valence-electron chi connectivity index (χ0n) is 27.5. The molecule has 0 bridgehead atoms. The second-order valence-electron chi connectivity index (χ2n) is 10.6. The predicted octanol–water partition coefficient (Wildman–Crippen LogP) is 5.95. The maximum Gasteiger partial charge on any atom is 0.265 e. The van der Waals surface area contributed by atoms with Gasteiger partial charge in [-0.1, -0.05) is 43.1 Å². The normalized spacial score (nSPS) is 12.4. The summed E-state index contributed by atoms with van der Waals surface area (Å²) >= 11 is 12.4. The van der Waals surface area contributed by atoms with Crippen molar-refractivity contribution < 1.29 is 37.0 Å². The number of halogens is 2. The van der Waals surface area contributed by atoms with Crippen LogP contribution in [0.1, 0.15) is 39.2 Å². The van der Waals surface area contributed by atoms with Crippen molar-refractivity contribution in [1.29, 1.82) is 0 Å². The summed E-state index contributed by atoms with van der Waals surface area (Å²) in [5.41, 5.74) is 0.636. The fraction of sp³-hybridized carbons (Fsp3) is 0.394. The molecule has 47 heavy (non-hydrogen) atoms. The van der Waals surface area contributed by atoms with Crippen molar-refractivity contribution in [3.8, 4) is 23.0 Å². The SMILES string of the molecule is CCC(C)NC(=O)C(CC)N(Cc1ccc(Cl)c(Cl)c1)C(=O)CN(c1cc(OC)ccc1OC)S(=O)(=O)c1ccc(OC)c(OC)c1. The first-order valence-electron chi connectivity index (χ1n) is 14.9. The lowest BCUT2D eigenvalue weighted by molar-refractivity contribution is -0.140. The largest absolute Gasteiger partial charge is 0.497 e. The molecule has 256 valence electrons. The van der Waals surface area contributed by atoms with E-state index < -0.39 is 28.5 Å². The van der Waals surface area contributed by atoms with Crippen LogP contribution in [0.5, 0.6) is 23.0 Å². The number of ether oxygens (including phenoxy) is 4. The molecule has 0 spiro atoms. The van der Waals surface area contributed by atoms with E-state index in [-0.39, 0.29) is 52.0 Å². The minimum absolute atomic E-state index is 0.0431. The fourth-order valence-corrected chi connectivity index (χ4v) is 6.56. The molecule has 0 aromatic heterocycles. The van der Waals surface area contributed by atoms with Crippen molar-refractivity contribution in [2.45, 2.75) is 57.1 Å². The number of rotatable bonds is 16. The third kappa shape index (κ3) is 8.94. The van der Waals surface area contributed by atoms with Gasteiger partial charge in [0.1, 0.15) is 24.1 Å². The molecular formula is C33H41Cl2N3O8S. The maximum absolute atomic E-state index is 14.5. The van der Waals surface area contributed by atoms with Gasteiger partial charge in [0, 0.05) is 24.7 Å². The van der Waals surface area contributed by atoms with E-state index in [0.29, 0.717) is 28.5 Å². The summed E-state index contributed by atoms with van der Waals surface area (Å²) in [6.07, 6.45) is 0.927. The molecule has 1 N–H and O–H groups in total. The van der Waals surface area contributed by atoms with Crippen molar-refractivity contribution >= 4 is 50.7 Å². The smallest absolute Gasteiger partial charge is 0.265 e. The lowest BCUT2D eigenvalue weighted by Gasteiger charge is -2.34. The van der Waals surface area contributed by atoms with Crippen LogP contribution in [0.2, 0.25) is 10.0 Å². The van der Waals surface area contributed by atoms with Crippen molar-refractivity contribution in [3.05, 3.63) is 70.2 Å². The van der Waals surface area contributed by atoms with Crippen molar-refractivity contribution in [2.24, 2.45) is 0 Å². The van der Waals surface area contributed by atoms with Crippen LogP contribution in [0.4, 0.5) is 5.69 Å². The van der Waals surface area contributed by atoms with Gasteiger partial charge in [0.2, 0.25) is 11.8 Å². The van der Waals surface area contributed by atoms with Gasteiger partial charge in [-0.15, -0.1) is 0 Å². The topological polar surface area (TPSA) is 124 Å². The summed E-state index contributed by atoms with van der Waals surface area (Å²) in [4.78, 5) is 29.2. The van der Waals surface area contributed by atoms with E-state index in [1.165, 1.54) is 63.7 Å². The van der Waals surface area contributed by atoms with E-state index in [2.05, 4.69) is 5.32 Å². The third-order valence-electron chi connectivity index (χ3n) is 7.60. The highest BCUT2D eigenvalue weighted by molar-refractivity contribution is 7.92. The third-order valence-corrected chi connectivity index (χ3v) is 10.1. The van der Waals surface area contributed by atoms with Gasteiger partial charge < -0.3 is 29.2 Å². The number of nitrogens with one attached hydrogen (secondary N) is 1. The first-order valence-corrected chi connectivity index (χ1v) is 17.0. The molecule has 0 fully saturated rings. The molecule has 2 unspecified atom stereocenters. The predicted molar refractivity (Wildman–Crippen MR) is 183 cm³/mol. The summed E-state index contributed by atoms with van der Waals surface area (Å²) < 4.78 is 51.5. The number of carbonyl (C=O) groups excluding carboxylic acids is 2. The van der Waals surface area contributed by atoms with Gasteiger partial charge in [-0.2, -0.15) is 0 Å². The molecule has 3 rings (SSSR count). The Morgan fingerprint density at radius 2 is 1.47 bits per heavy atom. The molecule has 0 heterocycles. The molecule has 0 saturated carbocycles. The molecule has 0 radical (unpaired) electrons. The lowest BCUT2D eigenvalue weighted by Crippen LogP contribution is -2.53. The summed E-state index contributed by atoms with van der Waals surface area (Å²) in [5.74, 6) is -0.0434. The Labute approximate surface area is 286 Å². The van der Waals surface area contributed by atoms with Crippen LogP contribution in [0.3, 0.4) is 0 Å². The quantitative estimate of drug-likeness (QED) is 0.194. The zero-order valence-corrected chi connectivity index (χ0v) is 29.8. The zero-order chi connectivity index (χ0) is 34.9. The number of carbonyl (C=O) groups is 2. The summed E-state index contributed by atoms with van der Waals surface area (Å²) in [5, 5.41) is 3.54. The Kier molecular flexibility index (Phi) is 13.4. The molecule has 3 aromatic carbocycles. The fourth-order valence-electron chi connectivity index (χ4n) is 4.80. The monoisotopic (exact) mass is 709 g/mol. The van der Waals surface area contributed by atoms with Crippen molar-refractivity contribution in [1.82, 2.24) is 10.2 Å². The highest BCUT2D eigenvalue weighted by Gasteiger charge is 2.35. The van der Waals surface area contributed by atoms with Crippen LogP contribution in [-0.4, -0.2) is 72.2 Å². The number of hydrogen-bond donors (Lipinski definition) is 1. The number of benzene rings is 3. The van der Waals surface area contributed by atoms with Gasteiger partial charge in [-0.25, -0.2) is 8.42 Å². The van der Waals surface area contributed by atoms with Crippen molar-refractivity contribution in [3.63, 3.8) is 0 Å². The minimum Gasteiger partial charge on any atom is -0.497 e. The Morgan fingerprint density at radius 1 is 0.809 bits per heavy atom. The average molecular weight is 711 g/mol. The van der Waals surface area contributed by atoms with Crippen LogP contribution < -0.4 is 28.6 Å². The van der Waals surface area contributed by atoms with Gasteiger partial charge in [-0.3, -0.25) is 13.9 Å². The Balaban J connectivity index is 2.21. The van der Waals surface area contributed by atoms with Crippen LogP contribution in [-0.2, 0) is 26.2 Å². The van der Waals surface area contributed by atoms with E-state index in [0.717, 1.165) is 4.31 Å². The van der Waals surface area contributed by atoms with Gasteiger partial charge in [0.15, 0.2) is 11.5 Å². The molecule has 0 aliphatic rings. The van der Waals surface area contributed by atoms with Crippen LogP contribution in [0, 0.1) is 0 Å². The van der Waals surface area contributed by atoms with Crippen molar-refractivity contribution in [2.75, 3.05) is 39.3 Å². The standard InChI is InChI=1S/C33H41Cl2N3O8S/c1-8-21(3)36-33(40)27(9-2)37(19-22-10-13-25(34)26(35)16-22)32(39)20-38(28-17-23(43-4)11-14-29(28)44-5)47(41,42)24-12-15-30(45-6)31(18-24)46-7/h10-18,21,27H,8-9,19-20H2,1-7H3,(H,36,40). The van der Waals surface area contributed by atoms with Gasteiger partial charge in [-0.05, 0) is 61.7 Å². The highest BCUT2D eigenvalue weighted by atomic mass is 35.5. The average Bonchev–Trinajstić information content (AvgIpc) is 3.07. The second kappa shape index (κ2) is 16.8. The summed E-state index contributed by atoms with van der Waals surface area (Å²) in [6, 6.07) is 12.5. The molecule has 2 atom stereocenters. The van der Waals surface area contributed by atoms with Crippen LogP contribution in [0.15, 0.2) is 59.5 Å². The first kappa shape index (κ1) is 37.6. The van der Waals surface area contributed by atoms with E-state index >= 15 is 0 Å². The van der Waals surface area contributed by atoms with E-state index in [1.807, 2.05) is 13.8 Å². The molecule has 3 aromatic rings. The number of amides is 2. The Hall–Kier alpha value is -3.87.